The topological polar surface area (TPSA) is 53.9 Å². The second-order valence-corrected chi connectivity index (χ2v) is 5.82. The van der Waals surface area contributed by atoms with Gasteiger partial charge in [-0.05, 0) is 44.2 Å². The number of anilines is 3. The van der Waals surface area contributed by atoms with Gasteiger partial charge in [0.1, 0.15) is 0 Å². The Hall–Kier alpha value is -2.43. The normalized spacial score (nSPS) is 14.2. The van der Waals surface area contributed by atoms with Crippen LogP contribution in [-0.2, 0) is 0 Å². The quantitative estimate of drug-likeness (QED) is 0.819. The molecule has 0 fully saturated rings. The van der Waals surface area contributed by atoms with E-state index in [0.717, 1.165) is 24.5 Å². The lowest BCUT2D eigenvalue weighted by Gasteiger charge is -2.18. The number of nitrogens with one attached hydrogen (secondary N) is 1. The summed E-state index contributed by atoms with van der Waals surface area (Å²) >= 11 is 0. The van der Waals surface area contributed by atoms with Crippen molar-refractivity contribution >= 4 is 17.5 Å². The highest BCUT2D eigenvalue weighted by Gasteiger charge is 2.08. The van der Waals surface area contributed by atoms with Crippen LogP contribution in [0, 0.1) is 0 Å². The molecule has 3 rings (SSSR count). The molecule has 0 spiro atoms. The average molecular weight is 309 g/mol. The molecule has 0 unspecified atom stereocenters. The summed E-state index contributed by atoms with van der Waals surface area (Å²) < 4.78 is 0. The van der Waals surface area contributed by atoms with E-state index in [1.165, 1.54) is 25.7 Å². The maximum Gasteiger partial charge on any atom is 0.244 e. The Bertz CT molecular complexity index is 653. The zero-order valence-electron chi connectivity index (χ0n) is 13.6. The van der Waals surface area contributed by atoms with Crippen LogP contribution in [0.5, 0.6) is 0 Å². The van der Waals surface area contributed by atoms with Crippen LogP contribution in [0.4, 0.5) is 17.5 Å². The lowest BCUT2D eigenvalue weighted by atomic mass is 9.97. The van der Waals surface area contributed by atoms with Gasteiger partial charge >= 0.3 is 0 Å². The maximum absolute atomic E-state index is 4.55. The third-order valence-electron chi connectivity index (χ3n) is 4.15. The van der Waals surface area contributed by atoms with Gasteiger partial charge in [-0.15, -0.1) is 5.10 Å². The molecule has 0 amide bonds. The van der Waals surface area contributed by atoms with Crippen LogP contribution in [0.3, 0.4) is 0 Å². The molecule has 1 N–H and O–H groups in total. The highest BCUT2D eigenvalue weighted by atomic mass is 15.3. The molecule has 1 aromatic carbocycles. The van der Waals surface area contributed by atoms with Crippen LogP contribution in [0.25, 0.3) is 0 Å². The van der Waals surface area contributed by atoms with E-state index in [-0.39, 0.29) is 0 Å². The number of para-hydroxylation sites is 1. The molecule has 2 aromatic rings. The van der Waals surface area contributed by atoms with E-state index < -0.39 is 0 Å². The lowest BCUT2D eigenvalue weighted by molar-refractivity contribution is 0.678. The molecule has 0 bridgehead atoms. The van der Waals surface area contributed by atoms with E-state index >= 15 is 0 Å². The molecule has 0 atom stereocenters. The summed E-state index contributed by atoms with van der Waals surface area (Å²) in [5, 5.41) is 11.4. The predicted octanol–water partition coefficient (Wildman–Crippen LogP) is 3.94. The van der Waals surface area contributed by atoms with Crippen molar-refractivity contribution in [2.45, 2.75) is 32.1 Å². The van der Waals surface area contributed by atoms with Gasteiger partial charge in [-0.3, -0.25) is 0 Å². The summed E-state index contributed by atoms with van der Waals surface area (Å²) in [6.07, 6.45) is 10.2. The first-order valence-electron chi connectivity index (χ1n) is 8.23. The van der Waals surface area contributed by atoms with E-state index in [2.05, 4.69) is 26.6 Å². The molecule has 5 heteroatoms. The number of benzene rings is 1. The Labute approximate surface area is 137 Å². The minimum absolute atomic E-state index is 0.585. The molecule has 0 aliphatic heterocycles. The second-order valence-electron chi connectivity index (χ2n) is 5.82. The van der Waals surface area contributed by atoms with Crippen molar-refractivity contribution in [1.82, 2.24) is 15.2 Å². The van der Waals surface area contributed by atoms with Crippen LogP contribution in [0.15, 0.2) is 48.2 Å². The standard InChI is InChI=1S/C18H23N5/c1-23(16-10-6-3-7-11-16)17-14-20-22-18(21-17)19-13-12-15-8-4-2-5-9-15/h3,6-8,10-11,14H,2,4-5,9,12-13H2,1H3,(H,19,21,22). The molecular formula is C18H23N5. The molecule has 0 radical (unpaired) electrons. The van der Waals surface area contributed by atoms with E-state index in [1.54, 1.807) is 11.8 Å². The average Bonchev–Trinajstić information content (AvgIpc) is 2.63. The Kier molecular flexibility index (Phi) is 5.19. The molecule has 0 saturated carbocycles. The summed E-state index contributed by atoms with van der Waals surface area (Å²) in [5.41, 5.74) is 2.63. The van der Waals surface area contributed by atoms with E-state index in [0.29, 0.717) is 5.95 Å². The third-order valence-corrected chi connectivity index (χ3v) is 4.15. The largest absolute Gasteiger partial charge is 0.353 e. The minimum Gasteiger partial charge on any atom is -0.353 e. The SMILES string of the molecule is CN(c1ccccc1)c1cnnc(NCCC2=CCCCC2)n1. The fraction of sp³-hybridized carbons (Fsp3) is 0.389. The summed E-state index contributed by atoms with van der Waals surface area (Å²) in [6.45, 7) is 0.853. The van der Waals surface area contributed by atoms with Crippen molar-refractivity contribution < 1.29 is 0 Å². The molecule has 120 valence electrons. The molecule has 0 saturated heterocycles. The molecular weight excluding hydrogens is 286 g/mol. The summed E-state index contributed by atoms with van der Waals surface area (Å²) in [5.74, 6) is 1.37. The molecule has 5 nitrogen and oxygen atoms in total. The van der Waals surface area contributed by atoms with Crippen LogP contribution in [-0.4, -0.2) is 28.8 Å². The fourth-order valence-electron chi connectivity index (χ4n) is 2.78. The summed E-state index contributed by atoms with van der Waals surface area (Å²) in [4.78, 5) is 6.56. The van der Waals surface area contributed by atoms with Crippen molar-refractivity contribution in [3.8, 4) is 0 Å². The number of nitrogens with zero attached hydrogens (tertiary/aromatic N) is 4. The molecule has 1 aromatic heterocycles. The predicted molar refractivity (Wildman–Crippen MR) is 94.0 cm³/mol. The van der Waals surface area contributed by atoms with Gasteiger partial charge in [0.05, 0.1) is 6.20 Å². The van der Waals surface area contributed by atoms with Gasteiger partial charge in [-0.25, -0.2) is 0 Å². The van der Waals surface area contributed by atoms with Crippen molar-refractivity contribution in [2.75, 3.05) is 23.8 Å². The van der Waals surface area contributed by atoms with Crippen LogP contribution < -0.4 is 10.2 Å². The van der Waals surface area contributed by atoms with Crippen molar-refractivity contribution in [2.24, 2.45) is 0 Å². The molecule has 1 aliphatic carbocycles. The Morgan fingerprint density at radius 2 is 2.04 bits per heavy atom. The number of aromatic nitrogens is 3. The highest BCUT2D eigenvalue weighted by molar-refractivity contribution is 5.58. The highest BCUT2D eigenvalue weighted by Crippen LogP contribution is 2.21. The Morgan fingerprint density at radius 1 is 1.17 bits per heavy atom. The lowest BCUT2D eigenvalue weighted by Crippen LogP contribution is -2.14. The first-order chi connectivity index (χ1) is 11.3. The number of hydrogen-bond donors (Lipinski definition) is 1. The number of hydrogen-bond acceptors (Lipinski definition) is 5. The Morgan fingerprint density at radius 3 is 2.83 bits per heavy atom. The molecule has 1 heterocycles. The summed E-state index contributed by atoms with van der Waals surface area (Å²) in [7, 11) is 1.98. The number of allylic oxidation sites excluding steroid dienone is 1. The van der Waals surface area contributed by atoms with E-state index in [4.69, 9.17) is 0 Å². The van der Waals surface area contributed by atoms with E-state index in [1.807, 2.05) is 42.3 Å². The first-order valence-corrected chi connectivity index (χ1v) is 8.23. The van der Waals surface area contributed by atoms with Gasteiger partial charge in [-0.2, -0.15) is 10.1 Å². The third kappa shape index (κ3) is 4.28. The molecule has 23 heavy (non-hydrogen) atoms. The van der Waals surface area contributed by atoms with Crippen LogP contribution in [0.1, 0.15) is 32.1 Å². The van der Waals surface area contributed by atoms with Gasteiger partial charge in [0.15, 0.2) is 5.82 Å². The van der Waals surface area contributed by atoms with Gasteiger partial charge in [-0.1, -0.05) is 29.8 Å². The monoisotopic (exact) mass is 309 g/mol. The van der Waals surface area contributed by atoms with Gasteiger partial charge in [0, 0.05) is 19.3 Å². The zero-order chi connectivity index (χ0) is 15.9. The van der Waals surface area contributed by atoms with E-state index in [9.17, 15) is 0 Å². The smallest absolute Gasteiger partial charge is 0.244 e. The van der Waals surface area contributed by atoms with Crippen LogP contribution in [0.2, 0.25) is 0 Å². The first kappa shape index (κ1) is 15.5. The van der Waals surface area contributed by atoms with Crippen molar-refractivity contribution in [1.29, 1.82) is 0 Å². The fourth-order valence-corrected chi connectivity index (χ4v) is 2.78. The van der Waals surface area contributed by atoms with Gasteiger partial charge in [0.25, 0.3) is 0 Å². The minimum atomic E-state index is 0.585. The van der Waals surface area contributed by atoms with Crippen LogP contribution >= 0.6 is 0 Å². The second kappa shape index (κ2) is 7.72. The van der Waals surface area contributed by atoms with Crippen molar-refractivity contribution in [3.05, 3.63) is 48.2 Å². The number of rotatable bonds is 6. The molecule has 1 aliphatic rings. The van der Waals surface area contributed by atoms with Crippen molar-refractivity contribution in [3.63, 3.8) is 0 Å². The van der Waals surface area contributed by atoms with Gasteiger partial charge < -0.3 is 10.2 Å². The van der Waals surface area contributed by atoms with Gasteiger partial charge in [0.2, 0.25) is 5.95 Å². The maximum atomic E-state index is 4.55. The zero-order valence-corrected chi connectivity index (χ0v) is 13.6. The summed E-state index contributed by atoms with van der Waals surface area (Å²) in [6, 6.07) is 10.1. The Balaban J connectivity index is 1.60.